The van der Waals surface area contributed by atoms with Gasteiger partial charge in [0.2, 0.25) is 5.91 Å². The fourth-order valence-electron chi connectivity index (χ4n) is 2.87. The van der Waals surface area contributed by atoms with Crippen molar-refractivity contribution >= 4 is 29.3 Å². The van der Waals surface area contributed by atoms with Gasteiger partial charge in [0.25, 0.3) is 5.91 Å². The van der Waals surface area contributed by atoms with Crippen LogP contribution in [0.15, 0.2) is 53.7 Å². The number of aromatic nitrogens is 3. The highest BCUT2D eigenvalue weighted by Gasteiger charge is 2.21. The van der Waals surface area contributed by atoms with Crippen LogP contribution < -0.4 is 10.6 Å². The molecule has 2 aromatic carbocycles. The van der Waals surface area contributed by atoms with E-state index in [2.05, 4.69) is 20.8 Å². The molecule has 0 bridgehead atoms. The number of amides is 2. The maximum atomic E-state index is 13.8. The van der Waals surface area contributed by atoms with Crippen molar-refractivity contribution in [3.8, 4) is 0 Å². The molecule has 0 saturated heterocycles. The van der Waals surface area contributed by atoms with Gasteiger partial charge in [-0.3, -0.25) is 9.59 Å². The zero-order chi connectivity index (χ0) is 22.4. The standard InChI is InChI=1S/C21H21F2N5O2S/c1-3-28-19(13(2)24-20(30)16-6-4-5-7-17(16)23)26-27-21(28)31-12-18(29)25-15-10-8-14(22)9-11-15/h4-11,13H,3,12H2,1-2H3,(H,24,30)(H,25,29). The summed E-state index contributed by atoms with van der Waals surface area (Å²) in [4.78, 5) is 24.5. The quantitative estimate of drug-likeness (QED) is 0.515. The number of thioether (sulfide) groups is 1. The Hall–Kier alpha value is -3.27. The lowest BCUT2D eigenvalue weighted by Gasteiger charge is -2.15. The lowest BCUT2D eigenvalue weighted by Crippen LogP contribution is -2.29. The van der Waals surface area contributed by atoms with E-state index in [0.717, 1.165) is 0 Å². The van der Waals surface area contributed by atoms with Crippen LogP contribution in [0.3, 0.4) is 0 Å². The van der Waals surface area contributed by atoms with Gasteiger partial charge in [-0.1, -0.05) is 23.9 Å². The zero-order valence-electron chi connectivity index (χ0n) is 16.9. The summed E-state index contributed by atoms with van der Waals surface area (Å²) >= 11 is 1.19. The van der Waals surface area contributed by atoms with Gasteiger partial charge < -0.3 is 15.2 Å². The molecule has 3 aromatic rings. The number of carbonyl (C=O) groups excluding carboxylic acids is 2. The Morgan fingerprint density at radius 1 is 1.10 bits per heavy atom. The summed E-state index contributed by atoms with van der Waals surface area (Å²) in [6, 6.07) is 10.7. The van der Waals surface area contributed by atoms with E-state index in [1.54, 1.807) is 17.6 Å². The SMILES string of the molecule is CCn1c(SCC(=O)Nc2ccc(F)cc2)nnc1C(C)NC(=O)c1ccccc1F. The number of nitrogens with zero attached hydrogens (tertiary/aromatic N) is 3. The van der Waals surface area contributed by atoms with Gasteiger partial charge in [-0.25, -0.2) is 8.78 Å². The lowest BCUT2D eigenvalue weighted by atomic mass is 10.2. The molecule has 2 N–H and O–H groups in total. The van der Waals surface area contributed by atoms with Crippen molar-refractivity contribution < 1.29 is 18.4 Å². The molecule has 3 rings (SSSR count). The van der Waals surface area contributed by atoms with E-state index in [0.29, 0.717) is 23.2 Å². The molecule has 162 valence electrons. The molecule has 1 heterocycles. The molecule has 31 heavy (non-hydrogen) atoms. The number of carbonyl (C=O) groups is 2. The number of nitrogens with one attached hydrogen (secondary N) is 2. The molecule has 1 aromatic heterocycles. The third kappa shape index (κ3) is 5.66. The molecule has 1 atom stereocenters. The number of hydrogen-bond acceptors (Lipinski definition) is 5. The number of anilines is 1. The summed E-state index contributed by atoms with van der Waals surface area (Å²) in [5, 5.41) is 14.2. The van der Waals surface area contributed by atoms with Crippen molar-refractivity contribution in [1.82, 2.24) is 20.1 Å². The molecular weight excluding hydrogens is 424 g/mol. The van der Waals surface area contributed by atoms with Crippen molar-refractivity contribution in [1.29, 1.82) is 0 Å². The van der Waals surface area contributed by atoms with E-state index in [1.807, 2.05) is 6.92 Å². The van der Waals surface area contributed by atoms with Gasteiger partial charge in [-0.15, -0.1) is 10.2 Å². The van der Waals surface area contributed by atoms with Crippen LogP contribution in [0.2, 0.25) is 0 Å². The van der Waals surface area contributed by atoms with E-state index in [4.69, 9.17) is 0 Å². The Morgan fingerprint density at radius 3 is 2.48 bits per heavy atom. The topological polar surface area (TPSA) is 88.9 Å². The highest BCUT2D eigenvalue weighted by atomic mass is 32.2. The van der Waals surface area contributed by atoms with Crippen molar-refractivity contribution in [3.63, 3.8) is 0 Å². The lowest BCUT2D eigenvalue weighted by molar-refractivity contribution is -0.113. The molecule has 0 aliphatic heterocycles. The van der Waals surface area contributed by atoms with E-state index in [-0.39, 0.29) is 23.0 Å². The molecule has 2 amide bonds. The predicted molar refractivity (Wildman–Crippen MR) is 114 cm³/mol. The molecule has 10 heteroatoms. The summed E-state index contributed by atoms with van der Waals surface area (Å²) in [6.07, 6.45) is 0. The van der Waals surface area contributed by atoms with Gasteiger partial charge in [0.15, 0.2) is 11.0 Å². The maximum Gasteiger partial charge on any atom is 0.254 e. The highest BCUT2D eigenvalue weighted by molar-refractivity contribution is 7.99. The third-order valence-electron chi connectivity index (χ3n) is 4.38. The minimum absolute atomic E-state index is 0.0519. The molecule has 0 saturated carbocycles. The van der Waals surface area contributed by atoms with Crippen LogP contribution in [0.1, 0.15) is 36.1 Å². The van der Waals surface area contributed by atoms with Crippen molar-refractivity contribution in [2.24, 2.45) is 0 Å². The van der Waals surface area contributed by atoms with Gasteiger partial charge in [0.05, 0.1) is 17.4 Å². The highest BCUT2D eigenvalue weighted by Crippen LogP contribution is 2.21. The van der Waals surface area contributed by atoms with Crippen LogP contribution in [0, 0.1) is 11.6 Å². The summed E-state index contributed by atoms with van der Waals surface area (Å²) in [5.74, 6) is -1.24. The zero-order valence-corrected chi connectivity index (χ0v) is 17.7. The fraction of sp³-hybridized carbons (Fsp3) is 0.238. The first-order valence-electron chi connectivity index (χ1n) is 9.55. The fourth-order valence-corrected chi connectivity index (χ4v) is 3.68. The van der Waals surface area contributed by atoms with E-state index in [1.165, 1.54) is 54.2 Å². The van der Waals surface area contributed by atoms with E-state index in [9.17, 15) is 18.4 Å². The van der Waals surface area contributed by atoms with Gasteiger partial charge in [0.1, 0.15) is 11.6 Å². The number of rotatable bonds is 8. The van der Waals surface area contributed by atoms with Crippen LogP contribution in [-0.4, -0.2) is 32.3 Å². The Bertz CT molecular complexity index is 1070. The number of halogens is 2. The molecule has 1 unspecified atom stereocenters. The first kappa shape index (κ1) is 22.4. The van der Waals surface area contributed by atoms with E-state index < -0.39 is 17.8 Å². The summed E-state index contributed by atoms with van der Waals surface area (Å²) in [6.45, 7) is 4.13. The molecule has 0 aliphatic rings. The second-order valence-electron chi connectivity index (χ2n) is 6.60. The van der Waals surface area contributed by atoms with Gasteiger partial charge >= 0.3 is 0 Å². The van der Waals surface area contributed by atoms with Crippen LogP contribution in [0.25, 0.3) is 0 Å². The van der Waals surface area contributed by atoms with Crippen molar-refractivity contribution in [2.45, 2.75) is 31.6 Å². The van der Waals surface area contributed by atoms with E-state index >= 15 is 0 Å². The average Bonchev–Trinajstić information content (AvgIpc) is 3.17. The van der Waals surface area contributed by atoms with Crippen LogP contribution in [0.4, 0.5) is 14.5 Å². The van der Waals surface area contributed by atoms with Crippen LogP contribution in [-0.2, 0) is 11.3 Å². The normalized spacial score (nSPS) is 11.7. The van der Waals surface area contributed by atoms with Crippen molar-refractivity contribution in [2.75, 3.05) is 11.1 Å². The van der Waals surface area contributed by atoms with Gasteiger partial charge in [0, 0.05) is 12.2 Å². The second kappa shape index (κ2) is 10.2. The molecular formula is C21H21F2N5O2S. The minimum atomic E-state index is -0.604. The Morgan fingerprint density at radius 2 is 1.81 bits per heavy atom. The molecule has 0 radical (unpaired) electrons. The maximum absolute atomic E-state index is 13.8. The average molecular weight is 445 g/mol. The molecule has 7 nitrogen and oxygen atoms in total. The van der Waals surface area contributed by atoms with Crippen molar-refractivity contribution in [3.05, 3.63) is 71.6 Å². The number of hydrogen-bond donors (Lipinski definition) is 2. The summed E-state index contributed by atoms with van der Waals surface area (Å²) < 4.78 is 28.6. The number of benzene rings is 2. The van der Waals surface area contributed by atoms with Gasteiger partial charge in [-0.05, 0) is 50.2 Å². The Kier molecular flexibility index (Phi) is 7.35. The second-order valence-corrected chi connectivity index (χ2v) is 7.55. The largest absolute Gasteiger partial charge is 0.342 e. The monoisotopic (exact) mass is 445 g/mol. The molecule has 0 spiro atoms. The van der Waals surface area contributed by atoms with Crippen LogP contribution >= 0.6 is 11.8 Å². The third-order valence-corrected chi connectivity index (χ3v) is 5.34. The van der Waals surface area contributed by atoms with Gasteiger partial charge in [-0.2, -0.15) is 0 Å². The Labute approximate surface area is 182 Å². The first-order valence-corrected chi connectivity index (χ1v) is 10.5. The smallest absolute Gasteiger partial charge is 0.254 e. The summed E-state index contributed by atoms with van der Waals surface area (Å²) in [7, 11) is 0. The predicted octanol–water partition coefficient (Wildman–Crippen LogP) is 3.80. The van der Waals surface area contributed by atoms with Crippen LogP contribution in [0.5, 0.6) is 0 Å². The Balaban J connectivity index is 1.63. The first-order chi connectivity index (χ1) is 14.9. The molecule has 0 fully saturated rings. The molecule has 0 aliphatic carbocycles. The summed E-state index contributed by atoms with van der Waals surface area (Å²) in [5.41, 5.74) is 0.443. The minimum Gasteiger partial charge on any atom is -0.342 e.